The van der Waals surface area contributed by atoms with Gasteiger partial charge in [0.15, 0.2) is 0 Å². The van der Waals surface area contributed by atoms with Crippen molar-refractivity contribution in [1.29, 1.82) is 0 Å². The van der Waals surface area contributed by atoms with E-state index in [1.165, 1.54) is 11.0 Å². The minimum Gasteiger partial charge on any atom is -0.349 e. The van der Waals surface area contributed by atoms with Gasteiger partial charge < -0.3 is 4.90 Å². The highest BCUT2D eigenvalue weighted by Gasteiger charge is 2.15. The van der Waals surface area contributed by atoms with Crippen molar-refractivity contribution in [1.82, 2.24) is 9.62 Å². The van der Waals surface area contributed by atoms with Gasteiger partial charge in [-0.15, -0.1) is 11.3 Å². The first-order valence-corrected chi connectivity index (χ1v) is 7.03. The molecule has 1 amide bonds. The zero-order valence-corrected chi connectivity index (χ0v) is 10.8. The van der Waals surface area contributed by atoms with Gasteiger partial charge in [-0.2, -0.15) is 0 Å². The average Bonchev–Trinajstić information content (AvgIpc) is 2.70. The smallest absolute Gasteiger partial charge is 0.250 e. The van der Waals surface area contributed by atoms with Gasteiger partial charge in [-0.1, -0.05) is 6.07 Å². The van der Waals surface area contributed by atoms with Crippen molar-refractivity contribution in [2.45, 2.75) is 10.6 Å². The van der Waals surface area contributed by atoms with Crippen LogP contribution >= 0.6 is 11.3 Å². The number of nitrogens with zero attached hydrogens (tertiary/aromatic N) is 1. The largest absolute Gasteiger partial charge is 0.349 e. The summed E-state index contributed by atoms with van der Waals surface area (Å²) in [4.78, 5) is 12.6. The van der Waals surface area contributed by atoms with Gasteiger partial charge in [0.1, 0.15) is 4.21 Å². The molecule has 0 radical (unpaired) electrons. The highest BCUT2D eigenvalue weighted by atomic mass is 32.2. The highest BCUT2D eigenvalue weighted by Crippen LogP contribution is 2.14. The summed E-state index contributed by atoms with van der Waals surface area (Å²) in [5.41, 5.74) is 0. The molecule has 1 rings (SSSR count). The number of hydrogen-bond acceptors (Lipinski definition) is 4. The second-order valence-electron chi connectivity index (χ2n) is 3.37. The number of sulfonamides is 1. The lowest BCUT2D eigenvalue weighted by atomic mass is 10.4. The van der Waals surface area contributed by atoms with Crippen molar-refractivity contribution in [3.63, 3.8) is 0 Å². The standard InChI is InChI=1S/C9H14N2O3S2/c1-11(2)8(12)5-6-10-16(13,14)9-4-3-7-15-9/h3-4,7,10H,5-6H2,1-2H3. The van der Waals surface area contributed by atoms with Crippen LogP contribution in [-0.2, 0) is 14.8 Å². The maximum Gasteiger partial charge on any atom is 0.250 e. The topological polar surface area (TPSA) is 66.5 Å². The number of carbonyl (C=O) groups excluding carboxylic acids is 1. The Labute approximate surface area is 99.1 Å². The summed E-state index contributed by atoms with van der Waals surface area (Å²) in [6, 6.07) is 3.20. The van der Waals surface area contributed by atoms with Gasteiger partial charge >= 0.3 is 0 Å². The minimum atomic E-state index is -3.44. The SMILES string of the molecule is CN(C)C(=O)CCNS(=O)(=O)c1cccs1. The van der Waals surface area contributed by atoms with Gasteiger partial charge in [0.25, 0.3) is 0 Å². The van der Waals surface area contributed by atoms with Crippen LogP contribution in [0.5, 0.6) is 0 Å². The predicted molar refractivity (Wildman–Crippen MR) is 62.8 cm³/mol. The van der Waals surface area contributed by atoms with Gasteiger partial charge in [0.2, 0.25) is 15.9 Å². The molecule has 5 nitrogen and oxygen atoms in total. The van der Waals surface area contributed by atoms with Crippen LogP contribution in [0.4, 0.5) is 0 Å². The lowest BCUT2D eigenvalue weighted by Crippen LogP contribution is -2.29. The lowest BCUT2D eigenvalue weighted by molar-refractivity contribution is -0.128. The summed E-state index contributed by atoms with van der Waals surface area (Å²) in [6.07, 6.45) is 0.164. The van der Waals surface area contributed by atoms with E-state index in [9.17, 15) is 13.2 Å². The van der Waals surface area contributed by atoms with E-state index < -0.39 is 10.0 Å². The molecule has 0 saturated heterocycles. The molecule has 0 aromatic carbocycles. The Morgan fingerprint density at radius 1 is 1.50 bits per heavy atom. The Hall–Kier alpha value is -0.920. The van der Waals surface area contributed by atoms with E-state index >= 15 is 0 Å². The number of thiophene rings is 1. The summed E-state index contributed by atoms with van der Waals surface area (Å²) < 4.78 is 25.9. The number of rotatable bonds is 5. The van der Waals surface area contributed by atoms with E-state index in [0.717, 1.165) is 11.3 Å². The summed E-state index contributed by atoms with van der Waals surface area (Å²) >= 11 is 1.15. The lowest BCUT2D eigenvalue weighted by Gasteiger charge is -2.10. The molecule has 90 valence electrons. The molecule has 0 unspecified atom stereocenters. The summed E-state index contributed by atoms with van der Waals surface area (Å²) in [5.74, 6) is -0.103. The Morgan fingerprint density at radius 2 is 2.19 bits per heavy atom. The summed E-state index contributed by atoms with van der Waals surface area (Å²) in [5, 5.41) is 1.69. The van der Waals surface area contributed by atoms with Crippen LogP contribution in [0.3, 0.4) is 0 Å². The molecule has 1 N–H and O–H groups in total. The zero-order valence-electron chi connectivity index (χ0n) is 9.13. The molecule has 0 aliphatic carbocycles. The Morgan fingerprint density at radius 3 is 2.69 bits per heavy atom. The normalized spacial score (nSPS) is 11.4. The van der Waals surface area contributed by atoms with Crippen LogP contribution in [0.1, 0.15) is 6.42 Å². The van der Waals surface area contributed by atoms with Crippen molar-refractivity contribution in [2.24, 2.45) is 0 Å². The molecule has 0 spiro atoms. The molecule has 0 saturated carbocycles. The van der Waals surface area contributed by atoms with E-state index in [1.807, 2.05) is 0 Å². The third-order valence-electron chi connectivity index (χ3n) is 1.89. The molecule has 0 aliphatic heterocycles. The Bertz CT molecular complexity index is 437. The van der Waals surface area contributed by atoms with Crippen LogP contribution < -0.4 is 4.72 Å². The molecule has 1 heterocycles. The van der Waals surface area contributed by atoms with E-state index in [0.29, 0.717) is 0 Å². The first kappa shape index (κ1) is 13.1. The number of hydrogen-bond donors (Lipinski definition) is 1. The van der Waals surface area contributed by atoms with Crippen LogP contribution in [0, 0.1) is 0 Å². The fourth-order valence-corrected chi connectivity index (χ4v) is 3.07. The predicted octanol–water partition coefficient (Wildman–Crippen LogP) is 0.505. The van der Waals surface area contributed by atoms with E-state index in [-0.39, 0.29) is 23.1 Å². The number of carbonyl (C=O) groups is 1. The molecule has 0 atom stereocenters. The van der Waals surface area contributed by atoms with Crippen LogP contribution in [0.2, 0.25) is 0 Å². The van der Waals surface area contributed by atoms with Gasteiger partial charge in [-0.3, -0.25) is 4.79 Å². The molecular formula is C9H14N2O3S2. The minimum absolute atomic E-state index is 0.103. The highest BCUT2D eigenvalue weighted by molar-refractivity contribution is 7.91. The molecule has 7 heteroatoms. The molecule has 0 fully saturated rings. The fraction of sp³-hybridized carbons (Fsp3) is 0.444. The zero-order chi connectivity index (χ0) is 12.2. The average molecular weight is 262 g/mol. The molecule has 1 aromatic rings. The second-order valence-corrected chi connectivity index (χ2v) is 6.31. The van der Waals surface area contributed by atoms with Gasteiger partial charge in [0.05, 0.1) is 0 Å². The number of nitrogens with one attached hydrogen (secondary N) is 1. The van der Waals surface area contributed by atoms with Crippen LogP contribution in [0.25, 0.3) is 0 Å². The van der Waals surface area contributed by atoms with Crippen LogP contribution in [0.15, 0.2) is 21.7 Å². The third-order valence-corrected chi connectivity index (χ3v) is 4.75. The third kappa shape index (κ3) is 3.58. The first-order valence-electron chi connectivity index (χ1n) is 4.67. The maximum absolute atomic E-state index is 11.6. The molecule has 1 aromatic heterocycles. The van der Waals surface area contributed by atoms with Crippen molar-refractivity contribution in [3.8, 4) is 0 Å². The fourth-order valence-electron chi connectivity index (χ4n) is 1.00. The quantitative estimate of drug-likeness (QED) is 0.840. The number of amides is 1. The Kier molecular flexibility index (Phi) is 4.45. The summed E-state index contributed by atoms with van der Waals surface area (Å²) in [6.45, 7) is 0.122. The second kappa shape index (κ2) is 5.42. The van der Waals surface area contributed by atoms with Crippen molar-refractivity contribution in [3.05, 3.63) is 17.5 Å². The molecular weight excluding hydrogens is 248 g/mol. The molecule has 0 aliphatic rings. The monoisotopic (exact) mass is 262 g/mol. The first-order chi connectivity index (χ1) is 7.43. The van der Waals surface area contributed by atoms with Crippen LogP contribution in [-0.4, -0.2) is 39.9 Å². The van der Waals surface area contributed by atoms with Gasteiger partial charge in [0, 0.05) is 27.1 Å². The molecule has 16 heavy (non-hydrogen) atoms. The van der Waals surface area contributed by atoms with Gasteiger partial charge in [-0.05, 0) is 11.4 Å². The maximum atomic E-state index is 11.6. The van der Waals surface area contributed by atoms with E-state index in [4.69, 9.17) is 0 Å². The van der Waals surface area contributed by atoms with Crippen molar-refractivity contribution < 1.29 is 13.2 Å². The molecule has 0 bridgehead atoms. The summed E-state index contributed by atoms with van der Waals surface area (Å²) in [7, 11) is -0.170. The van der Waals surface area contributed by atoms with Gasteiger partial charge in [-0.25, -0.2) is 13.1 Å². The Balaban J connectivity index is 2.47. The van der Waals surface area contributed by atoms with E-state index in [1.54, 1.807) is 25.5 Å². The van der Waals surface area contributed by atoms with Crippen molar-refractivity contribution >= 4 is 27.3 Å². The van der Waals surface area contributed by atoms with Crippen molar-refractivity contribution in [2.75, 3.05) is 20.6 Å². The van der Waals surface area contributed by atoms with E-state index in [2.05, 4.69) is 4.72 Å².